The lowest BCUT2D eigenvalue weighted by atomic mass is 9.89. The summed E-state index contributed by atoms with van der Waals surface area (Å²) in [5.74, 6) is -0.636. The Morgan fingerprint density at radius 3 is 2.52 bits per heavy atom. The highest BCUT2D eigenvalue weighted by atomic mass is 32.2. The summed E-state index contributed by atoms with van der Waals surface area (Å²) in [5.41, 5.74) is -0.0869. The van der Waals surface area contributed by atoms with Crippen molar-refractivity contribution in [3.63, 3.8) is 0 Å². The van der Waals surface area contributed by atoms with Crippen molar-refractivity contribution >= 4 is 22.5 Å². The Kier molecular flexibility index (Phi) is 5.86. The lowest BCUT2D eigenvalue weighted by Crippen LogP contribution is -2.40. The molecule has 0 spiro atoms. The van der Waals surface area contributed by atoms with Crippen molar-refractivity contribution in [2.75, 3.05) is 18.1 Å². The quantitative estimate of drug-likeness (QED) is 0.796. The number of amides is 2. The van der Waals surface area contributed by atoms with Gasteiger partial charge in [0.25, 0.3) is 0 Å². The molecule has 7 heteroatoms. The third-order valence-electron chi connectivity index (χ3n) is 2.96. The molecule has 2 atom stereocenters. The Labute approximate surface area is 126 Å². The molecule has 0 aromatic heterocycles. The summed E-state index contributed by atoms with van der Waals surface area (Å²) in [5, 5.41) is 14.8. The maximum Gasteiger partial charge on any atom is 0.319 e. The number of benzene rings is 1. The molecule has 0 aliphatic heterocycles. The van der Waals surface area contributed by atoms with Gasteiger partial charge in [-0.15, -0.1) is 0 Å². The fourth-order valence-corrected chi connectivity index (χ4v) is 2.08. The van der Waals surface area contributed by atoms with Gasteiger partial charge >= 0.3 is 6.03 Å². The van der Waals surface area contributed by atoms with E-state index in [0.29, 0.717) is 0 Å². The standard InChI is InChI=1S/C14H21FN2O3S/c1-14(2,3)12(18)8-16-13(19)17-9-5-6-11(21(4)20)10(15)7-9/h5-7,12,18H,8H2,1-4H3,(H2,16,17,19). The number of carbonyl (C=O) groups excluding carboxylic acids is 1. The number of hydrogen-bond acceptors (Lipinski definition) is 3. The summed E-state index contributed by atoms with van der Waals surface area (Å²) < 4.78 is 24.8. The van der Waals surface area contributed by atoms with Crippen LogP contribution in [-0.2, 0) is 10.8 Å². The van der Waals surface area contributed by atoms with E-state index in [-0.39, 0.29) is 22.5 Å². The minimum Gasteiger partial charge on any atom is -0.391 e. The molecule has 0 saturated heterocycles. The molecule has 118 valence electrons. The number of urea groups is 1. The topological polar surface area (TPSA) is 78.4 Å². The first-order valence-corrected chi connectivity index (χ1v) is 8.03. The highest BCUT2D eigenvalue weighted by Crippen LogP contribution is 2.19. The normalized spacial score (nSPS) is 14.4. The predicted molar refractivity (Wildman–Crippen MR) is 81.2 cm³/mol. The fraction of sp³-hybridized carbons (Fsp3) is 0.500. The molecule has 0 aliphatic carbocycles. The van der Waals surface area contributed by atoms with Gasteiger partial charge in [-0.2, -0.15) is 0 Å². The lowest BCUT2D eigenvalue weighted by molar-refractivity contribution is 0.0654. The Bertz CT molecular complexity index is 544. The third-order valence-corrected chi connectivity index (χ3v) is 3.91. The molecule has 0 heterocycles. The van der Waals surface area contributed by atoms with Gasteiger partial charge in [0, 0.05) is 18.5 Å². The summed E-state index contributed by atoms with van der Waals surface area (Å²) in [6.07, 6.45) is 0.691. The minimum atomic E-state index is -1.42. The molecule has 0 bridgehead atoms. The van der Waals surface area contributed by atoms with Crippen molar-refractivity contribution in [3.8, 4) is 0 Å². The Balaban J connectivity index is 2.60. The smallest absolute Gasteiger partial charge is 0.319 e. The van der Waals surface area contributed by atoms with E-state index in [1.165, 1.54) is 18.4 Å². The molecule has 1 aromatic rings. The van der Waals surface area contributed by atoms with Crippen molar-refractivity contribution in [1.29, 1.82) is 0 Å². The molecule has 1 aromatic carbocycles. The number of anilines is 1. The lowest BCUT2D eigenvalue weighted by Gasteiger charge is -2.25. The van der Waals surface area contributed by atoms with Crippen LogP contribution in [-0.4, -0.2) is 34.3 Å². The summed E-state index contributed by atoms with van der Waals surface area (Å²) in [6.45, 7) is 5.66. The molecule has 21 heavy (non-hydrogen) atoms. The van der Waals surface area contributed by atoms with Crippen LogP contribution in [0.25, 0.3) is 0 Å². The first-order chi connectivity index (χ1) is 9.61. The first-order valence-electron chi connectivity index (χ1n) is 6.47. The number of hydrogen-bond donors (Lipinski definition) is 3. The highest BCUT2D eigenvalue weighted by molar-refractivity contribution is 7.84. The second-order valence-corrected chi connectivity index (χ2v) is 7.16. The first kappa shape index (κ1) is 17.6. The maximum atomic E-state index is 13.6. The van der Waals surface area contributed by atoms with Gasteiger partial charge in [-0.25, -0.2) is 9.18 Å². The number of carbonyl (C=O) groups is 1. The van der Waals surface area contributed by atoms with Crippen LogP contribution in [0, 0.1) is 11.2 Å². The molecule has 0 aliphatic rings. The second-order valence-electron chi connectivity index (χ2n) is 5.82. The molecule has 1 rings (SSSR count). The van der Waals surface area contributed by atoms with Crippen molar-refractivity contribution < 1.29 is 18.5 Å². The average molecular weight is 316 g/mol. The molecular weight excluding hydrogens is 295 g/mol. The van der Waals surface area contributed by atoms with E-state index in [0.717, 1.165) is 6.07 Å². The fourth-order valence-electron chi connectivity index (χ4n) is 1.48. The van der Waals surface area contributed by atoms with Crippen LogP contribution in [0.3, 0.4) is 0 Å². The minimum absolute atomic E-state index is 0.0871. The van der Waals surface area contributed by atoms with Gasteiger partial charge in [0.15, 0.2) is 0 Å². The number of rotatable bonds is 4. The van der Waals surface area contributed by atoms with Crippen LogP contribution < -0.4 is 10.6 Å². The molecule has 0 saturated carbocycles. The molecule has 5 nitrogen and oxygen atoms in total. The van der Waals surface area contributed by atoms with Gasteiger partial charge in [0.2, 0.25) is 0 Å². The predicted octanol–water partition coefficient (Wildman–Crippen LogP) is 2.09. The summed E-state index contributed by atoms with van der Waals surface area (Å²) in [6, 6.07) is 3.41. The SMILES string of the molecule is CS(=O)c1ccc(NC(=O)NCC(O)C(C)(C)C)cc1F. The van der Waals surface area contributed by atoms with Crippen molar-refractivity contribution in [1.82, 2.24) is 5.32 Å². The van der Waals surface area contributed by atoms with Crippen molar-refractivity contribution in [2.24, 2.45) is 5.41 Å². The van der Waals surface area contributed by atoms with Crippen LogP contribution in [0.1, 0.15) is 20.8 Å². The van der Waals surface area contributed by atoms with E-state index in [2.05, 4.69) is 10.6 Å². The summed E-state index contributed by atoms with van der Waals surface area (Å²) in [4.78, 5) is 11.7. The third kappa shape index (κ3) is 5.43. The number of aliphatic hydroxyl groups excluding tert-OH is 1. The molecule has 0 radical (unpaired) electrons. The van der Waals surface area contributed by atoms with E-state index >= 15 is 0 Å². The Morgan fingerprint density at radius 1 is 1.43 bits per heavy atom. The van der Waals surface area contributed by atoms with Crippen molar-refractivity contribution in [3.05, 3.63) is 24.0 Å². The van der Waals surface area contributed by atoms with Crippen LogP contribution in [0.4, 0.5) is 14.9 Å². The Hall–Kier alpha value is -1.47. The van der Waals surface area contributed by atoms with Crippen LogP contribution >= 0.6 is 0 Å². The van der Waals surface area contributed by atoms with Gasteiger partial charge in [-0.3, -0.25) is 4.21 Å². The summed E-state index contributed by atoms with van der Waals surface area (Å²) >= 11 is 0. The number of halogens is 1. The van der Waals surface area contributed by atoms with E-state index < -0.39 is 28.8 Å². The highest BCUT2D eigenvalue weighted by Gasteiger charge is 2.22. The maximum absolute atomic E-state index is 13.6. The zero-order chi connectivity index (χ0) is 16.2. The molecule has 3 N–H and O–H groups in total. The molecular formula is C14H21FN2O3S. The van der Waals surface area contributed by atoms with E-state index in [4.69, 9.17) is 0 Å². The molecule has 0 fully saturated rings. The van der Waals surface area contributed by atoms with E-state index in [9.17, 15) is 18.5 Å². The Morgan fingerprint density at radius 2 is 2.05 bits per heavy atom. The number of nitrogens with one attached hydrogen (secondary N) is 2. The van der Waals surface area contributed by atoms with Gasteiger partial charge in [0.05, 0.1) is 21.8 Å². The van der Waals surface area contributed by atoms with Crippen LogP contribution in [0.2, 0.25) is 0 Å². The molecule has 2 unspecified atom stereocenters. The van der Waals surface area contributed by atoms with E-state index in [1.807, 2.05) is 20.8 Å². The van der Waals surface area contributed by atoms with Gasteiger partial charge in [0.1, 0.15) is 5.82 Å². The van der Waals surface area contributed by atoms with Crippen LogP contribution in [0.15, 0.2) is 23.1 Å². The monoisotopic (exact) mass is 316 g/mol. The summed E-state index contributed by atoms with van der Waals surface area (Å²) in [7, 11) is -1.42. The largest absolute Gasteiger partial charge is 0.391 e. The zero-order valence-corrected chi connectivity index (χ0v) is 13.4. The van der Waals surface area contributed by atoms with Gasteiger partial charge in [-0.1, -0.05) is 20.8 Å². The second kappa shape index (κ2) is 7.00. The zero-order valence-electron chi connectivity index (χ0n) is 12.6. The van der Waals surface area contributed by atoms with Gasteiger partial charge in [-0.05, 0) is 23.6 Å². The van der Waals surface area contributed by atoms with Crippen LogP contribution in [0.5, 0.6) is 0 Å². The molecule has 2 amide bonds. The van der Waals surface area contributed by atoms with Gasteiger partial charge < -0.3 is 15.7 Å². The number of aliphatic hydroxyl groups is 1. The van der Waals surface area contributed by atoms with E-state index in [1.54, 1.807) is 0 Å². The van der Waals surface area contributed by atoms with Crippen molar-refractivity contribution in [2.45, 2.75) is 31.8 Å². The average Bonchev–Trinajstić information content (AvgIpc) is 2.34.